The molecule has 15 heavy (non-hydrogen) atoms. The summed E-state index contributed by atoms with van der Waals surface area (Å²) in [5.74, 6) is 1.94. The summed E-state index contributed by atoms with van der Waals surface area (Å²) in [7, 11) is 0. The second kappa shape index (κ2) is 4.54. The van der Waals surface area contributed by atoms with Crippen molar-refractivity contribution < 1.29 is 9.50 Å². The molecule has 0 aliphatic carbocycles. The van der Waals surface area contributed by atoms with Crippen molar-refractivity contribution in [2.45, 2.75) is 19.4 Å². The zero-order chi connectivity index (χ0) is 10.8. The topological polar surface area (TPSA) is 20.2 Å². The smallest absolute Gasteiger partial charge is 0.129 e. The number of benzene rings is 1. The van der Waals surface area contributed by atoms with E-state index in [-0.39, 0.29) is 11.7 Å². The summed E-state index contributed by atoms with van der Waals surface area (Å²) >= 11 is 1.83. The Hall–Kier alpha value is -0.540. The third-order valence-electron chi connectivity index (χ3n) is 2.88. The number of aliphatic hydroxyl groups excluding tert-OH is 1. The van der Waals surface area contributed by atoms with Crippen LogP contribution in [0, 0.1) is 18.7 Å². The molecule has 1 heterocycles. The maximum atomic E-state index is 13.5. The fourth-order valence-corrected chi connectivity index (χ4v) is 3.23. The Bertz CT molecular complexity index is 347. The van der Waals surface area contributed by atoms with Gasteiger partial charge in [0, 0.05) is 5.56 Å². The molecule has 1 aliphatic heterocycles. The van der Waals surface area contributed by atoms with Gasteiger partial charge in [-0.05, 0) is 36.8 Å². The van der Waals surface area contributed by atoms with E-state index in [1.807, 2.05) is 18.7 Å². The van der Waals surface area contributed by atoms with Crippen LogP contribution in [0.5, 0.6) is 0 Å². The highest BCUT2D eigenvalue weighted by Crippen LogP contribution is 2.35. The van der Waals surface area contributed by atoms with Gasteiger partial charge in [-0.25, -0.2) is 4.39 Å². The second-order valence-corrected chi connectivity index (χ2v) is 5.24. The van der Waals surface area contributed by atoms with Crippen molar-refractivity contribution in [3.63, 3.8) is 0 Å². The summed E-state index contributed by atoms with van der Waals surface area (Å²) in [5.41, 5.74) is 1.46. The largest absolute Gasteiger partial charge is 0.388 e. The molecule has 2 rings (SSSR count). The Kier molecular flexibility index (Phi) is 3.32. The molecule has 1 aromatic carbocycles. The number of hydrogen-bond donors (Lipinski definition) is 1. The quantitative estimate of drug-likeness (QED) is 0.836. The Balaban J connectivity index is 2.23. The standard InChI is InChI=1S/C12H15FOS/c1-8-2-3-11(13)10(6-8)12(14)9-4-5-15-7-9/h2-3,6,9,12,14H,4-5,7H2,1H3. The molecule has 1 aromatic rings. The lowest BCUT2D eigenvalue weighted by Gasteiger charge is -2.18. The molecule has 2 unspecified atom stereocenters. The van der Waals surface area contributed by atoms with Crippen LogP contribution >= 0.6 is 11.8 Å². The fraction of sp³-hybridized carbons (Fsp3) is 0.500. The van der Waals surface area contributed by atoms with Gasteiger partial charge in [-0.3, -0.25) is 0 Å². The van der Waals surface area contributed by atoms with Gasteiger partial charge in [-0.1, -0.05) is 17.7 Å². The highest BCUT2D eigenvalue weighted by Gasteiger charge is 2.26. The monoisotopic (exact) mass is 226 g/mol. The molecule has 82 valence electrons. The molecule has 0 radical (unpaired) electrons. The summed E-state index contributed by atoms with van der Waals surface area (Å²) in [5, 5.41) is 10.1. The zero-order valence-electron chi connectivity index (χ0n) is 8.74. The van der Waals surface area contributed by atoms with Crippen molar-refractivity contribution in [1.29, 1.82) is 0 Å². The second-order valence-electron chi connectivity index (χ2n) is 4.09. The molecule has 1 fully saturated rings. The normalized spacial score (nSPS) is 23.0. The number of thioether (sulfide) groups is 1. The summed E-state index contributed by atoms with van der Waals surface area (Å²) < 4.78 is 13.5. The van der Waals surface area contributed by atoms with Crippen LogP contribution in [0.4, 0.5) is 4.39 Å². The molecule has 0 spiro atoms. The van der Waals surface area contributed by atoms with Crippen LogP contribution in [0.3, 0.4) is 0 Å². The first-order valence-corrected chi connectivity index (χ1v) is 6.36. The minimum atomic E-state index is -0.639. The third-order valence-corrected chi connectivity index (χ3v) is 4.07. The fourth-order valence-electron chi connectivity index (χ4n) is 1.95. The first-order valence-electron chi connectivity index (χ1n) is 5.20. The highest BCUT2D eigenvalue weighted by atomic mass is 32.2. The van der Waals surface area contributed by atoms with E-state index in [0.29, 0.717) is 5.56 Å². The van der Waals surface area contributed by atoms with E-state index in [9.17, 15) is 9.50 Å². The lowest BCUT2D eigenvalue weighted by Crippen LogP contribution is -2.13. The molecule has 0 amide bonds. The maximum Gasteiger partial charge on any atom is 0.129 e. The van der Waals surface area contributed by atoms with Crippen LogP contribution in [-0.4, -0.2) is 16.6 Å². The minimum Gasteiger partial charge on any atom is -0.388 e. The highest BCUT2D eigenvalue weighted by molar-refractivity contribution is 7.99. The van der Waals surface area contributed by atoms with Crippen molar-refractivity contribution in [3.8, 4) is 0 Å². The number of halogens is 1. The van der Waals surface area contributed by atoms with Crippen molar-refractivity contribution >= 4 is 11.8 Å². The van der Waals surface area contributed by atoms with E-state index in [0.717, 1.165) is 23.5 Å². The van der Waals surface area contributed by atoms with Crippen molar-refractivity contribution in [3.05, 3.63) is 35.1 Å². The molecular weight excluding hydrogens is 211 g/mol. The lowest BCUT2D eigenvalue weighted by atomic mass is 9.94. The van der Waals surface area contributed by atoms with E-state index in [1.54, 1.807) is 12.1 Å². The van der Waals surface area contributed by atoms with Gasteiger partial charge in [0.15, 0.2) is 0 Å². The average molecular weight is 226 g/mol. The molecule has 0 saturated carbocycles. The Morgan fingerprint density at radius 1 is 1.53 bits per heavy atom. The lowest BCUT2D eigenvalue weighted by molar-refractivity contribution is 0.117. The van der Waals surface area contributed by atoms with Gasteiger partial charge in [0.2, 0.25) is 0 Å². The van der Waals surface area contributed by atoms with E-state index < -0.39 is 6.10 Å². The van der Waals surface area contributed by atoms with Crippen LogP contribution in [0.15, 0.2) is 18.2 Å². The molecule has 3 heteroatoms. The van der Waals surface area contributed by atoms with E-state index in [4.69, 9.17) is 0 Å². The summed E-state index contributed by atoms with van der Waals surface area (Å²) in [6, 6.07) is 4.92. The summed E-state index contributed by atoms with van der Waals surface area (Å²) in [4.78, 5) is 0. The predicted molar refractivity (Wildman–Crippen MR) is 61.5 cm³/mol. The van der Waals surface area contributed by atoms with Crippen LogP contribution < -0.4 is 0 Å². The van der Waals surface area contributed by atoms with Gasteiger partial charge in [-0.15, -0.1) is 0 Å². The van der Waals surface area contributed by atoms with Crippen LogP contribution in [0.2, 0.25) is 0 Å². The van der Waals surface area contributed by atoms with Crippen LogP contribution in [0.1, 0.15) is 23.7 Å². The van der Waals surface area contributed by atoms with Gasteiger partial charge >= 0.3 is 0 Å². The van der Waals surface area contributed by atoms with Crippen LogP contribution in [0.25, 0.3) is 0 Å². The van der Waals surface area contributed by atoms with E-state index in [2.05, 4.69) is 0 Å². The predicted octanol–water partition coefficient (Wildman–Crippen LogP) is 2.92. The zero-order valence-corrected chi connectivity index (χ0v) is 9.56. The van der Waals surface area contributed by atoms with Gasteiger partial charge in [-0.2, -0.15) is 11.8 Å². The SMILES string of the molecule is Cc1ccc(F)c(C(O)C2CCSC2)c1. The number of aryl methyl sites for hydroxylation is 1. The Morgan fingerprint density at radius 3 is 3.00 bits per heavy atom. The Morgan fingerprint density at radius 2 is 2.33 bits per heavy atom. The van der Waals surface area contributed by atoms with Gasteiger partial charge in [0.1, 0.15) is 5.82 Å². The van der Waals surface area contributed by atoms with E-state index in [1.165, 1.54) is 6.07 Å². The molecule has 0 aromatic heterocycles. The first kappa shape index (κ1) is 11.0. The average Bonchev–Trinajstić information content (AvgIpc) is 2.74. The van der Waals surface area contributed by atoms with Crippen molar-refractivity contribution in [2.75, 3.05) is 11.5 Å². The molecule has 1 saturated heterocycles. The van der Waals surface area contributed by atoms with E-state index >= 15 is 0 Å². The number of rotatable bonds is 2. The number of hydrogen-bond acceptors (Lipinski definition) is 2. The Labute approximate surface area is 93.7 Å². The molecular formula is C12H15FOS. The molecule has 1 N–H and O–H groups in total. The molecule has 1 aliphatic rings. The summed E-state index contributed by atoms with van der Waals surface area (Å²) in [6.07, 6.45) is 0.346. The maximum absolute atomic E-state index is 13.5. The third kappa shape index (κ3) is 2.34. The van der Waals surface area contributed by atoms with Crippen molar-refractivity contribution in [1.82, 2.24) is 0 Å². The van der Waals surface area contributed by atoms with Crippen molar-refractivity contribution in [2.24, 2.45) is 5.92 Å². The molecule has 2 atom stereocenters. The van der Waals surface area contributed by atoms with Gasteiger partial charge in [0.05, 0.1) is 6.10 Å². The van der Waals surface area contributed by atoms with Gasteiger partial charge < -0.3 is 5.11 Å². The summed E-state index contributed by atoms with van der Waals surface area (Å²) in [6.45, 7) is 1.92. The minimum absolute atomic E-state index is 0.214. The van der Waals surface area contributed by atoms with Gasteiger partial charge in [0.25, 0.3) is 0 Å². The molecule has 1 nitrogen and oxygen atoms in total. The van der Waals surface area contributed by atoms with Crippen LogP contribution in [-0.2, 0) is 0 Å². The number of aliphatic hydroxyl groups is 1. The molecule has 0 bridgehead atoms. The first-order chi connectivity index (χ1) is 7.18.